The van der Waals surface area contributed by atoms with E-state index in [1.54, 1.807) is 17.7 Å². The van der Waals surface area contributed by atoms with E-state index in [9.17, 15) is 4.79 Å². The quantitative estimate of drug-likeness (QED) is 0.680. The second kappa shape index (κ2) is 7.01. The fraction of sp³-hybridized carbons (Fsp3) is 0.381. The number of primary amides is 1. The van der Waals surface area contributed by atoms with Crippen molar-refractivity contribution in [2.75, 3.05) is 4.90 Å². The molecule has 2 fully saturated rings. The van der Waals surface area contributed by atoms with Crippen LogP contribution < -0.4 is 10.6 Å². The van der Waals surface area contributed by atoms with Gasteiger partial charge in [-0.3, -0.25) is 4.79 Å². The molecule has 5 nitrogen and oxygen atoms in total. The van der Waals surface area contributed by atoms with Crippen molar-refractivity contribution in [3.8, 4) is 11.1 Å². The minimum atomic E-state index is -0.302. The molecule has 144 valence electrons. The van der Waals surface area contributed by atoms with Crippen LogP contribution in [0.3, 0.4) is 0 Å². The van der Waals surface area contributed by atoms with Crippen molar-refractivity contribution in [1.82, 2.24) is 9.97 Å². The standard InChI is InChI=1S/C21H21ClN4OS/c22-14-7-5-12(6-8-14)15-10-28-21-18(15)20(24-11-25-21)26-16-4-2-1-3-13(16)9-17(26)19(23)27/h5-8,10-11,13,16-17H,1-4,9H2,(H2,23,27)/t13-,16-,17-/m1/s1. The van der Waals surface area contributed by atoms with Crippen molar-refractivity contribution in [1.29, 1.82) is 0 Å². The Morgan fingerprint density at radius 2 is 1.96 bits per heavy atom. The molecule has 28 heavy (non-hydrogen) atoms. The first kappa shape index (κ1) is 17.9. The number of hydrogen-bond donors (Lipinski definition) is 1. The van der Waals surface area contributed by atoms with E-state index in [-0.39, 0.29) is 11.9 Å². The average molecular weight is 413 g/mol. The van der Waals surface area contributed by atoms with Crippen LogP contribution in [0.2, 0.25) is 5.02 Å². The summed E-state index contributed by atoms with van der Waals surface area (Å²) >= 11 is 7.67. The normalized spacial score (nSPS) is 24.5. The zero-order valence-electron chi connectivity index (χ0n) is 15.3. The van der Waals surface area contributed by atoms with Crippen LogP contribution in [-0.2, 0) is 4.79 Å². The van der Waals surface area contributed by atoms with Crippen LogP contribution in [0, 0.1) is 5.92 Å². The largest absolute Gasteiger partial charge is 0.368 e. The number of benzene rings is 1. The van der Waals surface area contributed by atoms with Crippen molar-refractivity contribution in [3.63, 3.8) is 0 Å². The lowest BCUT2D eigenvalue weighted by molar-refractivity contribution is -0.119. The Morgan fingerprint density at radius 1 is 1.18 bits per heavy atom. The lowest BCUT2D eigenvalue weighted by Crippen LogP contribution is -2.45. The number of carbonyl (C=O) groups is 1. The number of carbonyl (C=O) groups excluding carboxylic acids is 1. The number of aromatic nitrogens is 2. The van der Waals surface area contributed by atoms with Gasteiger partial charge in [-0.2, -0.15) is 0 Å². The number of fused-ring (bicyclic) bond motifs is 2. The molecule has 3 atom stereocenters. The van der Waals surface area contributed by atoms with Crippen LogP contribution in [0.5, 0.6) is 0 Å². The fourth-order valence-electron chi connectivity index (χ4n) is 4.92. The van der Waals surface area contributed by atoms with E-state index in [4.69, 9.17) is 17.3 Å². The number of amides is 1. The molecular formula is C21H21ClN4OS. The van der Waals surface area contributed by atoms with Gasteiger partial charge in [0.15, 0.2) is 0 Å². The summed E-state index contributed by atoms with van der Waals surface area (Å²) in [6.45, 7) is 0. The third kappa shape index (κ3) is 2.86. The number of halogens is 1. The summed E-state index contributed by atoms with van der Waals surface area (Å²) in [5, 5.41) is 3.82. The van der Waals surface area contributed by atoms with Crippen LogP contribution in [0.1, 0.15) is 32.1 Å². The highest BCUT2D eigenvalue weighted by atomic mass is 35.5. The molecule has 2 N–H and O–H groups in total. The average Bonchev–Trinajstić information content (AvgIpc) is 3.30. The predicted octanol–water partition coefficient (Wildman–Crippen LogP) is 4.63. The lowest BCUT2D eigenvalue weighted by atomic mass is 9.84. The maximum absolute atomic E-state index is 12.3. The summed E-state index contributed by atoms with van der Waals surface area (Å²) in [5.41, 5.74) is 7.98. The predicted molar refractivity (Wildman–Crippen MR) is 114 cm³/mol. The Labute approximate surface area is 172 Å². The molecule has 7 heteroatoms. The molecule has 5 rings (SSSR count). The van der Waals surface area contributed by atoms with Crippen molar-refractivity contribution < 1.29 is 4.79 Å². The topological polar surface area (TPSA) is 72.1 Å². The molecule has 0 radical (unpaired) electrons. The molecule has 0 spiro atoms. The number of anilines is 1. The number of hydrogen-bond acceptors (Lipinski definition) is 5. The molecule has 1 aliphatic heterocycles. The molecule has 1 aliphatic carbocycles. The number of nitrogens with zero attached hydrogens (tertiary/aromatic N) is 3. The van der Waals surface area contributed by atoms with Gasteiger partial charge in [-0.15, -0.1) is 11.3 Å². The molecule has 0 bridgehead atoms. The Morgan fingerprint density at radius 3 is 2.75 bits per heavy atom. The fourth-order valence-corrected chi connectivity index (χ4v) is 5.95. The highest BCUT2D eigenvalue weighted by Crippen LogP contribution is 2.46. The third-order valence-electron chi connectivity index (χ3n) is 6.17. The Hall–Kier alpha value is -2.18. The molecule has 1 saturated carbocycles. The maximum atomic E-state index is 12.3. The van der Waals surface area contributed by atoms with Crippen LogP contribution in [0.25, 0.3) is 21.3 Å². The summed E-state index contributed by atoms with van der Waals surface area (Å²) in [6.07, 6.45) is 7.09. The third-order valence-corrected chi connectivity index (χ3v) is 7.30. The molecule has 3 heterocycles. The molecule has 1 amide bonds. The monoisotopic (exact) mass is 412 g/mol. The van der Waals surface area contributed by atoms with Crippen LogP contribution >= 0.6 is 22.9 Å². The van der Waals surface area contributed by atoms with Gasteiger partial charge in [0.05, 0.1) is 5.39 Å². The van der Waals surface area contributed by atoms with Gasteiger partial charge in [-0.05, 0) is 42.9 Å². The zero-order chi connectivity index (χ0) is 19.3. The Kier molecular flexibility index (Phi) is 4.48. The minimum Gasteiger partial charge on any atom is -0.368 e. The zero-order valence-corrected chi connectivity index (χ0v) is 16.9. The summed E-state index contributed by atoms with van der Waals surface area (Å²) < 4.78 is 0. The molecule has 2 aliphatic rings. The van der Waals surface area contributed by atoms with Gasteiger partial charge in [-0.25, -0.2) is 9.97 Å². The van der Waals surface area contributed by atoms with E-state index in [1.165, 1.54) is 12.8 Å². The van der Waals surface area contributed by atoms with Gasteiger partial charge >= 0.3 is 0 Å². The van der Waals surface area contributed by atoms with Gasteiger partial charge in [0.25, 0.3) is 0 Å². The lowest BCUT2D eigenvalue weighted by Gasteiger charge is -2.34. The summed E-state index contributed by atoms with van der Waals surface area (Å²) in [5.74, 6) is 1.09. The van der Waals surface area contributed by atoms with E-state index in [0.717, 1.165) is 46.4 Å². The maximum Gasteiger partial charge on any atom is 0.240 e. The second-order valence-corrected chi connectivity index (χ2v) is 9.00. The first-order valence-corrected chi connectivity index (χ1v) is 10.9. The van der Waals surface area contributed by atoms with Gasteiger partial charge in [0.2, 0.25) is 5.91 Å². The van der Waals surface area contributed by atoms with Crippen molar-refractivity contribution in [2.24, 2.45) is 11.7 Å². The molecule has 2 aromatic heterocycles. The molecule has 1 aromatic carbocycles. The van der Waals surface area contributed by atoms with E-state index >= 15 is 0 Å². The summed E-state index contributed by atoms with van der Waals surface area (Å²) in [7, 11) is 0. The number of thiophene rings is 1. The smallest absolute Gasteiger partial charge is 0.240 e. The van der Waals surface area contributed by atoms with Gasteiger partial charge < -0.3 is 10.6 Å². The van der Waals surface area contributed by atoms with E-state index in [1.807, 2.05) is 24.3 Å². The van der Waals surface area contributed by atoms with Crippen molar-refractivity contribution >= 4 is 44.9 Å². The highest BCUT2D eigenvalue weighted by Gasteiger charge is 2.45. The van der Waals surface area contributed by atoms with E-state index in [0.29, 0.717) is 17.0 Å². The molecule has 0 unspecified atom stereocenters. The van der Waals surface area contributed by atoms with Crippen LogP contribution in [-0.4, -0.2) is 28.0 Å². The molecule has 3 aromatic rings. The van der Waals surface area contributed by atoms with Gasteiger partial charge in [0.1, 0.15) is 23.0 Å². The van der Waals surface area contributed by atoms with E-state index in [2.05, 4.69) is 20.2 Å². The number of rotatable bonds is 3. The summed E-state index contributed by atoms with van der Waals surface area (Å²) in [4.78, 5) is 24.6. The van der Waals surface area contributed by atoms with Crippen molar-refractivity contribution in [3.05, 3.63) is 41.0 Å². The van der Waals surface area contributed by atoms with Gasteiger partial charge in [0, 0.05) is 22.0 Å². The van der Waals surface area contributed by atoms with Crippen LogP contribution in [0.15, 0.2) is 36.0 Å². The summed E-state index contributed by atoms with van der Waals surface area (Å²) in [6, 6.07) is 7.83. The molecule has 1 saturated heterocycles. The Balaban J connectivity index is 1.68. The SMILES string of the molecule is NC(=O)[C@H]1C[C@H]2CCCC[C@H]2N1c1ncnc2scc(-c3ccc(Cl)cc3)c12. The van der Waals surface area contributed by atoms with Gasteiger partial charge in [-0.1, -0.05) is 36.6 Å². The second-order valence-electron chi connectivity index (χ2n) is 7.71. The first-order chi connectivity index (χ1) is 13.6. The van der Waals surface area contributed by atoms with E-state index < -0.39 is 0 Å². The minimum absolute atomic E-state index is 0.260. The van der Waals surface area contributed by atoms with Crippen LogP contribution in [0.4, 0.5) is 5.82 Å². The Bertz CT molecular complexity index is 1030. The number of nitrogens with two attached hydrogens (primary N) is 1. The molecular weight excluding hydrogens is 392 g/mol. The van der Waals surface area contributed by atoms with Crippen molar-refractivity contribution in [2.45, 2.75) is 44.2 Å². The first-order valence-electron chi connectivity index (χ1n) is 9.69. The highest BCUT2D eigenvalue weighted by molar-refractivity contribution is 7.17.